The Balaban J connectivity index is 2.54. The molecule has 2 heterocycles. The smallest absolute Gasteiger partial charge is 0.327 e. The van der Waals surface area contributed by atoms with Crippen molar-refractivity contribution in [1.29, 1.82) is 0 Å². The van der Waals surface area contributed by atoms with Gasteiger partial charge in [0.1, 0.15) is 9.86 Å². The van der Waals surface area contributed by atoms with Crippen LogP contribution in [0.2, 0.25) is 0 Å². The highest BCUT2D eigenvalue weighted by Gasteiger charge is 2.31. The Morgan fingerprint density at radius 1 is 0.903 bits per heavy atom. The van der Waals surface area contributed by atoms with Crippen LogP contribution in [0.4, 0.5) is 0 Å². The Bertz CT molecular complexity index is 1020. The quantitative estimate of drug-likeness (QED) is 0.163. The maximum atomic E-state index is 12.3. The van der Waals surface area contributed by atoms with Crippen LogP contribution in [0.15, 0.2) is 10.2 Å². The van der Waals surface area contributed by atoms with Crippen molar-refractivity contribution in [2.45, 2.75) is 62.2 Å². The van der Waals surface area contributed by atoms with Crippen molar-refractivity contribution in [1.82, 2.24) is 9.97 Å². The summed E-state index contributed by atoms with van der Waals surface area (Å²) in [7, 11) is 0. The molecule has 0 aromatic carbocycles. The predicted molar refractivity (Wildman–Crippen MR) is 121 cm³/mol. The summed E-state index contributed by atoms with van der Waals surface area (Å²) in [4.78, 5) is 59.3. The first-order valence-electron chi connectivity index (χ1n) is 9.55. The number of carbonyl (C=O) groups excluding carboxylic acids is 4. The molecule has 2 atom stereocenters. The number of thiophene rings is 1. The molecule has 0 amide bonds. The molecule has 0 radical (unpaired) electrons. The zero-order chi connectivity index (χ0) is 23.3. The second kappa shape index (κ2) is 11.1. The summed E-state index contributed by atoms with van der Waals surface area (Å²) < 4.78 is 10.0. The van der Waals surface area contributed by atoms with Crippen LogP contribution >= 0.6 is 34.9 Å². The number of aromatic nitrogens is 2. The number of hydrogen-bond donors (Lipinski definition) is 0. The highest BCUT2D eigenvalue weighted by Crippen LogP contribution is 2.39. The maximum absolute atomic E-state index is 12.3. The van der Waals surface area contributed by atoms with E-state index in [2.05, 4.69) is 9.97 Å². The van der Waals surface area contributed by atoms with E-state index < -0.39 is 22.4 Å². The molecular weight excluding hydrogens is 460 g/mol. The Hall–Kier alpha value is -1.98. The van der Waals surface area contributed by atoms with Crippen LogP contribution in [0.1, 0.15) is 38.1 Å². The molecular formula is C20H24N2O6S3. The summed E-state index contributed by atoms with van der Waals surface area (Å²) in [6.07, 6.45) is 0. The van der Waals surface area contributed by atoms with Crippen LogP contribution in [0.5, 0.6) is 0 Å². The van der Waals surface area contributed by atoms with Gasteiger partial charge in [-0.25, -0.2) is 9.97 Å². The number of esters is 2. The highest BCUT2D eigenvalue weighted by molar-refractivity contribution is 8.02. The van der Waals surface area contributed by atoms with Gasteiger partial charge in [-0.3, -0.25) is 19.2 Å². The average Bonchev–Trinajstić information content (AvgIpc) is 2.97. The zero-order valence-corrected chi connectivity index (χ0v) is 20.6. The average molecular weight is 485 g/mol. The lowest BCUT2D eigenvalue weighted by molar-refractivity contribution is -0.145. The van der Waals surface area contributed by atoms with E-state index in [0.717, 1.165) is 39.4 Å². The summed E-state index contributed by atoms with van der Waals surface area (Å²) in [5.74, 6) is -2.04. The fraction of sp³-hybridized carbons (Fsp3) is 0.500. The van der Waals surface area contributed by atoms with Crippen LogP contribution in [-0.2, 0) is 28.7 Å². The second-order valence-corrected chi connectivity index (χ2v) is 9.87. The first kappa shape index (κ1) is 25.3. The van der Waals surface area contributed by atoms with Crippen LogP contribution in [0, 0.1) is 13.8 Å². The fourth-order valence-corrected chi connectivity index (χ4v) is 5.68. The van der Waals surface area contributed by atoms with Gasteiger partial charge in [-0.2, -0.15) is 0 Å². The van der Waals surface area contributed by atoms with Gasteiger partial charge in [-0.15, -0.1) is 11.3 Å². The minimum atomic E-state index is -1.11. The number of ketones is 2. The summed E-state index contributed by atoms with van der Waals surface area (Å²) in [5, 5.41) is -0.831. The van der Waals surface area contributed by atoms with E-state index in [1.165, 1.54) is 25.2 Å². The Kier molecular flexibility index (Phi) is 9.01. The van der Waals surface area contributed by atoms with E-state index in [0.29, 0.717) is 9.86 Å². The lowest BCUT2D eigenvalue weighted by atomic mass is 10.2. The van der Waals surface area contributed by atoms with Crippen LogP contribution in [0.25, 0.3) is 10.2 Å². The largest absolute Gasteiger partial charge is 0.465 e. The zero-order valence-electron chi connectivity index (χ0n) is 18.1. The van der Waals surface area contributed by atoms with Gasteiger partial charge >= 0.3 is 11.9 Å². The number of nitrogens with zero attached hydrogens (tertiary/aromatic N) is 2. The molecule has 11 heteroatoms. The molecule has 2 rings (SSSR count). The minimum Gasteiger partial charge on any atom is -0.465 e. The molecule has 0 aliphatic carbocycles. The molecule has 8 nitrogen and oxygen atoms in total. The molecule has 0 bridgehead atoms. The number of carbonyl (C=O) groups is 4. The molecule has 2 aromatic heterocycles. The fourth-order valence-electron chi connectivity index (χ4n) is 2.58. The third kappa shape index (κ3) is 6.05. The summed E-state index contributed by atoms with van der Waals surface area (Å²) >= 11 is 3.31. The van der Waals surface area contributed by atoms with Gasteiger partial charge in [0.05, 0.1) is 13.2 Å². The SMILES string of the molecule is CCOC(=O)C(Sc1nc(SC(C(C)=O)C(=O)OCC)c2c(C)c(C)sc2n1)C(C)=O. The predicted octanol–water partition coefficient (Wildman–Crippen LogP) is 3.53. The van der Waals surface area contributed by atoms with Crippen molar-refractivity contribution in [3.8, 4) is 0 Å². The molecule has 0 aliphatic heterocycles. The van der Waals surface area contributed by atoms with E-state index in [4.69, 9.17) is 9.47 Å². The number of thioether (sulfide) groups is 2. The van der Waals surface area contributed by atoms with Gasteiger partial charge in [0.2, 0.25) is 0 Å². The van der Waals surface area contributed by atoms with E-state index in [1.807, 2.05) is 13.8 Å². The van der Waals surface area contributed by atoms with Crippen molar-refractivity contribution < 1.29 is 28.7 Å². The maximum Gasteiger partial charge on any atom is 0.327 e. The Morgan fingerprint density at radius 2 is 1.42 bits per heavy atom. The molecule has 2 unspecified atom stereocenters. The summed E-state index contributed by atoms with van der Waals surface area (Å²) in [6.45, 7) is 10.1. The van der Waals surface area contributed by atoms with Gasteiger partial charge in [0.25, 0.3) is 0 Å². The molecule has 0 aliphatic rings. The molecule has 0 saturated carbocycles. The first-order valence-corrected chi connectivity index (χ1v) is 12.1. The van der Waals surface area contributed by atoms with Crippen molar-refractivity contribution in [3.05, 3.63) is 10.4 Å². The first-order chi connectivity index (χ1) is 14.6. The lowest BCUT2D eigenvalue weighted by Crippen LogP contribution is -2.28. The normalized spacial score (nSPS) is 13.0. The van der Waals surface area contributed by atoms with Gasteiger partial charge in [-0.1, -0.05) is 23.5 Å². The van der Waals surface area contributed by atoms with Crippen LogP contribution in [-0.4, -0.2) is 57.2 Å². The minimum absolute atomic E-state index is 0.146. The van der Waals surface area contributed by atoms with Gasteiger partial charge in [0, 0.05) is 10.3 Å². The number of ether oxygens (including phenoxy) is 2. The van der Waals surface area contributed by atoms with Crippen molar-refractivity contribution >= 4 is 68.6 Å². The second-order valence-electron chi connectivity index (χ2n) is 6.50. The summed E-state index contributed by atoms with van der Waals surface area (Å²) in [6, 6.07) is 0. The molecule has 31 heavy (non-hydrogen) atoms. The van der Waals surface area contributed by atoms with E-state index in [-0.39, 0.29) is 29.9 Å². The molecule has 0 saturated heterocycles. The van der Waals surface area contributed by atoms with E-state index >= 15 is 0 Å². The van der Waals surface area contributed by atoms with Crippen molar-refractivity contribution in [2.24, 2.45) is 0 Å². The standard InChI is InChI=1S/C20H24N2O6S3/c1-7-27-18(25)14(10(4)23)30-17-13-9(3)12(6)29-16(13)21-20(22-17)31-15(11(5)24)19(26)28-8-2/h14-15H,7-8H2,1-6H3. The number of Topliss-reactive ketones (excluding diaryl/α,β-unsaturated/α-hetero) is 2. The number of fused-ring (bicyclic) bond motifs is 1. The molecule has 0 spiro atoms. The Labute approximate surface area is 192 Å². The number of rotatable bonds is 10. The van der Waals surface area contributed by atoms with Gasteiger partial charge in [-0.05, 0) is 47.1 Å². The van der Waals surface area contributed by atoms with Crippen LogP contribution < -0.4 is 0 Å². The van der Waals surface area contributed by atoms with Crippen molar-refractivity contribution in [2.75, 3.05) is 13.2 Å². The van der Waals surface area contributed by atoms with E-state index in [9.17, 15) is 19.2 Å². The number of aryl methyl sites for hydroxylation is 2. The van der Waals surface area contributed by atoms with Gasteiger partial charge < -0.3 is 9.47 Å². The molecule has 0 fully saturated rings. The lowest BCUT2D eigenvalue weighted by Gasteiger charge is -2.14. The molecule has 0 N–H and O–H groups in total. The monoisotopic (exact) mass is 484 g/mol. The molecule has 168 valence electrons. The van der Waals surface area contributed by atoms with Crippen molar-refractivity contribution in [3.63, 3.8) is 0 Å². The third-order valence-electron chi connectivity index (χ3n) is 4.17. The molecule has 2 aromatic rings. The topological polar surface area (TPSA) is 113 Å². The third-order valence-corrected chi connectivity index (χ3v) is 7.70. The van der Waals surface area contributed by atoms with Crippen LogP contribution in [0.3, 0.4) is 0 Å². The Morgan fingerprint density at radius 3 is 1.90 bits per heavy atom. The number of hydrogen-bond acceptors (Lipinski definition) is 11. The van der Waals surface area contributed by atoms with E-state index in [1.54, 1.807) is 13.8 Å². The summed E-state index contributed by atoms with van der Waals surface area (Å²) in [5.41, 5.74) is 0.943. The van der Waals surface area contributed by atoms with Gasteiger partial charge in [0.15, 0.2) is 27.2 Å². The highest BCUT2D eigenvalue weighted by atomic mass is 32.2.